The third-order valence-corrected chi connectivity index (χ3v) is 4.07. The summed E-state index contributed by atoms with van der Waals surface area (Å²) in [4.78, 5) is 0. The molecule has 25 heavy (non-hydrogen) atoms. The van der Waals surface area contributed by atoms with Gasteiger partial charge < -0.3 is 5.32 Å². The summed E-state index contributed by atoms with van der Waals surface area (Å²) in [5.74, 6) is -1.04. The van der Waals surface area contributed by atoms with Crippen molar-refractivity contribution in [3.63, 3.8) is 0 Å². The molecule has 3 rings (SSSR count). The number of hydrogen-bond acceptors (Lipinski definition) is 3. The van der Waals surface area contributed by atoms with Crippen LogP contribution in [0.25, 0.3) is 11.1 Å². The predicted octanol–water partition coefficient (Wildman–Crippen LogP) is 4.94. The molecule has 0 bridgehead atoms. The molecule has 1 aromatic heterocycles. The van der Waals surface area contributed by atoms with Crippen molar-refractivity contribution in [1.29, 1.82) is 5.26 Å². The molecule has 7 heteroatoms. The van der Waals surface area contributed by atoms with E-state index in [1.165, 1.54) is 0 Å². The number of hydrogen-bond donors (Lipinski definition) is 1. The molecule has 0 fully saturated rings. The first-order valence-electron chi connectivity index (χ1n) is 7.36. The number of nitriles is 1. The molecule has 3 aromatic rings. The summed E-state index contributed by atoms with van der Waals surface area (Å²) in [6.45, 7) is 1.82. The Balaban J connectivity index is 2.10. The van der Waals surface area contributed by atoms with E-state index in [2.05, 4.69) is 16.5 Å². The first-order valence-corrected chi connectivity index (χ1v) is 7.74. The quantitative estimate of drug-likeness (QED) is 0.721. The van der Waals surface area contributed by atoms with E-state index in [9.17, 15) is 8.78 Å². The molecule has 0 aliphatic heterocycles. The first-order chi connectivity index (χ1) is 11.9. The van der Waals surface area contributed by atoms with Crippen molar-refractivity contribution >= 4 is 23.1 Å². The van der Waals surface area contributed by atoms with Crippen molar-refractivity contribution in [2.75, 3.05) is 5.32 Å². The molecule has 1 heterocycles. The van der Waals surface area contributed by atoms with Gasteiger partial charge in [-0.2, -0.15) is 10.4 Å². The smallest absolute Gasteiger partial charge is 0.151 e. The Hall–Kier alpha value is -2.91. The van der Waals surface area contributed by atoms with Gasteiger partial charge in [0.1, 0.15) is 11.6 Å². The lowest BCUT2D eigenvalue weighted by molar-refractivity contribution is 0.586. The normalized spacial score (nSPS) is 10.6. The minimum Gasteiger partial charge on any atom is -0.336 e. The van der Waals surface area contributed by atoms with Gasteiger partial charge in [0.2, 0.25) is 0 Å². The SMILES string of the molecule is Cc1nn(C)c(Nc2c(F)cc(F)cc2Cl)c1-c1ccc(C#N)cc1. The summed E-state index contributed by atoms with van der Waals surface area (Å²) in [5.41, 5.74) is 2.78. The minimum absolute atomic E-state index is 0.0269. The topological polar surface area (TPSA) is 53.6 Å². The van der Waals surface area contributed by atoms with Gasteiger partial charge in [-0.25, -0.2) is 8.78 Å². The molecular weight excluding hydrogens is 346 g/mol. The average Bonchev–Trinajstić information content (AvgIpc) is 2.84. The molecular formula is C18H13ClF2N4. The third-order valence-electron chi connectivity index (χ3n) is 3.78. The zero-order valence-corrected chi connectivity index (χ0v) is 14.2. The van der Waals surface area contributed by atoms with E-state index in [0.29, 0.717) is 17.1 Å². The number of aryl methyl sites for hydroxylation is 2. The Bertz CT molecular complexity index is 965. The van der Waals surface area contributed by atoms with Crippen LogP contribution in [0.2, 0.25) is 5.02 Å². The fourth-order valence-corrected chi connectivity index (χ4v) is 2.88. The Morgan fingerprint density at radius 2 is 1.88 bits per heavy atom. The van der Waals surface area contributed by atoms with E-state index in [4.69, 9.17) is 16.9 Å². The lowest BCUT2D eigenvalue weighted by Crippen LogP contribution is -2.03. The van der Waals surface area contributed by atoms with Crippen molar-refractivity contribution in [3.05, 3.63) is 64.3 Å². The highest BCUT2D eigenvalue weighted by Crippen LogP contribution is 2.36. The van der Waals surface area contributed by atoms with Crippen molar-refractivity contribution < 1.29 is 8.78 Å². The number of nitrogens with zero attached hydrogens (tertiary/aromatic N) is 3. The fourth-order valence-electron chi connectivity index (χ4n) is 2.64. The number of rotatable bonds is 3. The highest BCUT2D eigenvalue weighted by Gasteiger charge is 2.18. The van der Waals surface area contributed by atoms with Crippen LogP contribution in [0, 0.1) is 29.9 Å². The predicted molar refractivity (Wildman–Crippen MR) is 92.7 cm³/mol. The van der Waals surface area contributed by atoms with Gasteiger partial charge in [0.05, 0.1) is 28.0 Å². The molecule has 2 aromatic carbocycles. The molecule has 0 amide bonds. The summed E-state index contributed by atoms with van der Waals surface area (Å²) >= 11 is 5.97. The molecule has 1 N–H and O–H groups in total. The summed E-state index contributed by atoms with van der Waals surface area (Å²) in [7, 11) is 1.71. The van der Waals surface area contributed by atoms with Crippen LogP contribution < -0.4 is 5.32 Å². The number of anilines is 2. The lowest BCUT2D eigenvalue weighted by atomic mass is 10.0. The molecule has 0 radical (unpaired) electrons. The summed E-state index contributed by atoms with van der Waals surface area (Å²) < 4.78 is 28.9. The van der Waals surface area contributed by atoms with Gasteiger partial charge in [-0.15, -0.1) is 0 Å². The number of benzene rings is 2. The largest absolute Gasteiger partial charge is 0.336 e. The van der Waals surface area contributed by atoms with Crippen molar-refractivity contribution in [3.8, 4) is 17.2 Å². The monoisotopic (exact) mass is 358 g/mol. The Morgan fingerprint density at radius 3 is 2.48 bits per heavy atom. The highest BCUT2D eigenvalue weighted by molar-refractivity contribution is 6.33. The van der Waals surface area contributed by atoms with Crippen LogP contribution in [0.5, 0.6) is 0 Å². The zero-order chi connectivity index (χ0) is 18.1. The molecule has 0 aliphatic carbocycles. The second-order valence-corrected chi connectivity index (χ2v) is 5.90. The van der Waals surface area contributed by atoms with Crippen LogP contribution in [0.15, 0.2) is 36.4 Å². The van der Waals surface area contributed by atoms with E-state index >= 15 is 0 Å². The first kappa shape index (κ1) is 16.9. The van der Waals surface area contributed by atoms with Crippen LogP contribution >= 0.6 is 11.6 Å². The molecule has 0 saturated carbocycles. The average molecular weight is 359 g/mol. The lowest BCUT2D eigenvalue weighted by Gasteiger charge is -2.12. The molecule has 0 unspecified atom stereocenters. The third kappa shape index (κ3) is 3.19. The van der Waals surface area contributed by atoms with E-state index in [-0.39, 0.29) is 10.7 Å². The summed E-state index contributed by atoms with van der Waals surface area (Å²) in [5, 5.41) is 16.1. The maximum absolute atomic E-state index is 14.1. The van der Waals surface area contributed by atoms with Gasteiger partial charge in [-0.1, -0.05) is 23.7 Å². The van der Waals surface area contributed by atoms with Gasteiger partial charge in [0.25, 0.3) is 0 Å². The van der Waals surface area contributed by atoms with E-state index < -0.39 is 11.6 Å². The summed E-state index contributed by atoms with van der Waals surface area (Å²) in [6.07, 6.45) is 0. The number of nitrogens with one attached hydrogen (secondary N) is 1. The molecule has 126 valence electrons. The molecule has 0 spiro atoms. The van der Waals surface area contributed by atoms with Gasteiger partial charge in [0.15, 0.2) is 5.82 Å². The standard InChI is InChI=1S/C18H13ClF2N4/c1-10-16(12-5-3-11(9-22)4-6-12)18(25(2)24-10)23-17-14(19)7-13(20)8-15(17)21/h3-8,23H,1-2H3. The Kier molecular flexibility index (Phi) is 4.43. The molecule has 4 nitrogen and oxygen atoms in total. The maximum atomic E-state index is 14.1. The van der Waals surface area contributed by atoms with E-state index in [1.54, 1.807) is 36.0 Å². The fraction of sp³-hybridized carbons (Fsp3) is 0.111. The van der Waals surface area contributed by atoms with Crippen LogP contribution in [-0.4, -0.2) is 9.78 Å². The maximum Gasteiger partial charge on any atom is 0.151 e. The highest BCUT2D eigenvalue weighted by atomic mass is 35.5. The molecule has 0 saturated heterocycles. The summed E-state index contributed by atoms with van der Waals surface area (Å²) in [6, 6.07) is 10.8. The van der Waals surface area contributed by atoms with E-state index in [1.807, 2.05) is 6.92 Å². The van der Waals surface area contributed by atoms with Crippen LogP contribution in [-0.2, 0) is 7.05 Å². The van der Waals surface area contributed by atoms with Crippen LogP contribution in [0.3, 0.4) is 0 Å². The molecule has 0 aliphatic rings. The van der Waals surface area contributed by atoms with Gasteiger partial charge in [-0.05, 0) is 30.7 Å². The van der Waals surface area contributed by atoms with Gasteiger partial charge in [0, 0.05) is 18.7 Å². The van der Waals surface area contributed by atoms with Crippen LogP contribution in [0.4, 0.5) is 20.3 Å². The van der Waals surface area contributed by atoms with Gasteiger partial charge in [-0.3, -0.25) is 4.68 Å². The Morgan fingerprint density at radius 1 is 1.20 bits per heavy atom. The second kappa shape index (κ2) is 6.54. The van der Waals surface area contributed by atoms with Crippen molar-refractivity contribution in [2.45, 2.75) is 6.92 Å². The number of aromatic nitrogens is 2. The molecule has 0 atom stereocenters. The second-order valence-electron chi connectivity index (χ2n) is 5.49. The zero-order valence-electron chi connectivity index (χ0n) is 13.4. The van der Waals surface area contributed by atoms with Crippen molar-refractivity contribution in [2.24, 2.45) is 7.05 Å². The van der Waals surface area contributed by atoms with Crippen molar-refractivity contribution in [1.82, 2.24) is 9.78 Å². The van der Waals surface area contributed by atoms with Crippen LogP contribution in [0.1, 0.15) is 11.3 Å². The Labute approximate surface area is 148 Å². The minimum atomic E-state index is -0.797. The van der Waals surface area contributed by atoms with E-state index in [0.717, 1.165) is 23.3 Å². The number of halogens is 3. The van der Waals surface area contributed by atoms with Gasteiger partial charge >= 0.3 is 0 Å².